The minimum absolute atomic E-state index is 0.320. The summed E-state index contributed by atoms with van der Waals surface area (Å²) in [5.41, 5.74) is 1.25. The van der Waals surface area contributed by atoms with Gasteiger partial charge in [0, 0.05) is 5.02 Å². The van der Waals surface area contributed by atoms with E-state index in [0.29, 0.717) is 16.1 Å². The lowest BCUT2D eigenvalue weighted by atomic mass is 10.1. The molecule has 1 aromatic rings. The van der Waals surface area contributed by atoms with Gasteiger partial charge < -0.3 is 4.74 Å². The molecule has 4 heteroatoms. The number of halogens is 3. The smallest absolute Gasteiger partial charge is 0.119 e. The summed E-state index contributed by atoms with van der Waals surface area (Å²) in [6.07, 6.45) is 5.60. The van der Waals surface area contributed by atoms with Crippen molar-refractivity contribution in [3.05, 3.63) is 51.5 Å². The van der Waals surface area contributed by atoms with Crippen molar-refractivity contribution >= 4 is 34.8 Å². The molecule has 0 aromatic heterocycles. The first-order chi connectivity index (χ1) is 8.58. The van der Waals surface area contributed by atoms with Crippen molar-refractivity contribution in [2.24, 2.45) is 0 Å². The monoisotopic (exact) mass is 304 g/mol. The van der Waals surface area contributed by atoms with Crippen molar-refractivity contribution in [3.8, 4) is 5.75 Å². The SMILES string of the molecule is C/C(=C\COc1ccc(Cl)cc1)CCC=C(Cl)Cl. The van der Waals surface area contributed by atoms with Gasteiger partial charge >= 0.3 is 0 Å². The Balaban J connectivity index is 2.31. The summed E-state index contributed by atoms with van der Waals surface area (Å²) in [7, 11) is 0. The molecule has 0 spiro atoms. The zero-order valence-electron chi connectivity index (χ0n) is 10.1. The highest BCUT2D eigenvalue weighted by atomic mass is 35.5. The second kappa shape index (κ2) is 8.47. The average molecular weight is 306 g/mol. The van der Waals surface area contributed by atoms with E-state index >= 15 is 0 Å². The molecule has 0 saturated carbocycles. The molecule has 0 saturated heterocycles. The van der Waals surface area contributed by atoms with Gasteiger partial charge in [-0.2, -0.15) is 0 Å². The van der Waals surface area contributed by atoms with Gasteiger partial charge in [-0.3, -0.25) is 0 Å². The molecule has 0 fully saturated rings. The van der Waals surface area contributed by atoms with Crippen LogP contribution in [0.2, 0.25) is 5.02 Å². The molecule has 98 valence electrons. The lowest BCUT2D eigenvalue weighted by Crippen LogP contribution is -1.94. The molecule has 0 aliphatic carbocycles. The van der Waals surface area contributed by atoms with Crippen molar-refractivity contribution in [3.63, 3.8) is 0 Å². The highest BCUT2D eigenvalue weighted by Gasteiger charge is 1.93. The van der Waals surface area contributed by atoms with E-state index in [4.69, 9.17) is 39.5 Å². The van der Waals surface area contributed by atoms with Gasteiger partial charge in [0.25, 0.3) is 0 Å². The van der Waals surface area contributed by atoms with Gasteiger partial charge in [-0.15, -0.1) is 0 Å². The van der Waals surface area contributed by atoms with Crippen LogP contribution in [0.1, 0.15) is 19.8 Å². The van der Waals surface area contributed by atoms with Crippen molar-refractivity contribution in [2.45, 2.75) is 19.8 Å². The molecular weight excluding hydrogens is 291 g/mol. The number of hydrogen-bond donors (Lipinski definition) is 0. The number of hydrogen-bond acceptors (Lipinski definition) is 1. The number of rotatable bonds is 6. The topological polar surface area (TPSA) is 9.23 Å². The van der Waals surface area contributed by atoms with Crippen molar-refractivity contribution < 1.29 is 4.74 Å². The molecule has 0 bridgehead atoms. The van der Waals surface area contributed by atoms with Gasteiger partial charge in [0.1, 0.15) is 16.8 Å². The van der Waals surface area contributed by atoms with Crippen molar-refractivity contribution in [2.75, 3.05) is 6.61 Å². The van der Waals surface area contributed by atoms with E-state index in [-0.39, 0.29) is 0 Å². The van der Waals surface area contributed by atoms with E-state index < -0.39 is 0 Å². The summed E-state index contributed by atoms with van der Waals surface area (Å²) in [6.45, 7) is 2.60. The predicted octanol–water partition coefficient (Wildman–Crippen LogP) is 5.76. The second-order valence-electron chi connectivity index (χ2n) is 3.85. The van der Waals surface area contributed by atoms with E-state index in [1.165, 1.54) is 5.57 Å². The molecule has 0 radical (unpaired) electrons. The van der Waals surface area contributed by atoms with Crippen LogP contribution in [0.5, 0.6) is 5.75 Å². The Bertz CT molecular complexity index is 417. The molecule has 0 N–H and O–H groups in total. The van der Waals surface area contributed by atoms with Gasteiger partial charge in [0.2, 0.25) is 0 Å². The van der Waals surface area contributed by atoms with Gasteiger partial charge in [0.15, 0.2) is 0 Å². The van der Waals surface area contributed by atoms with E-state index in [9.17, 15) is 0 Å². The van der Waals surface area contributed by atoms with Crippen LogP contribution in [0.4, 0.5) is 0 Å². The standard InChI is InChI=1S/C14H15Cl3O/c1-11(3-2-4-14(16)17)9-10-18-13-7-5-12(15)6-8-13/h4-9H,2-3,10H2,1H3/b11-9+. The van der Waals surface area contributed by atoms with E-state index in [1.807, 2.05) is 18.2 Å². The molecular formula is C14H15Cl3O. The fourth-order valence-electron chi connectivity index (χ4n) is 1.32. The summed E-state index contributed by atoms with van der Waals surface area (Å²) in [5, 5.41) is 0.707. The predicted molar refractivity (Wildman–Crippen MR) is 79.7 cm³/mol. The summed E-state index contributed by atoms with van der Waals surface area (Å²) < 4.78 is 5.88. The summed E-state index contributed by atoms with van der Waals surface area (Å²) >= 11 is 16.8. The molecule has 0 aliphatic heterocycles. The Kier molecular flexibility index (Phi) is 7.26. The molecule has 0 heterocycles. The third-order valence-corrected chi connectivity index (χ3v) is 2.89. The maximum Gasteiger partial charge on any atom is 0.119 e. The molecule has 1 aromatic carbocycles. The maximum atomic E-state index is 5.78. The van der Waals surface area contributed by atoms with Crippen molar-refractivity contribution in [1.29, 1.82) is 0 Å². The van der Waals surface area contributed by atoms with E-state index in [1.54, 1.807) is 18.2 Å². The third-order valence-electron chi connectivity index (χ3n) is 2.33. The molecule has 18 heavy (non-hydrogen) atoms. The Morgan fingerprint density at radius 2 is 1.83 bits per heavy atom. The third kappa shape index (κ3) is 6.95. The van der Waals surface area contributed by atoms with Crippen LogP contribution in [0, 0.1) is 0 Å². The summed E-state index contributed by atoms with van der Waals surface area (Å²) in [4.78, 5) is 0. The Labute approximate surface area is 123 Å². The van der Waals surface area contributed by atoms with E-state index in [2.05, 4.69) is 6.92 Å². The van der Waals surface area contributed by atoms with Crippen LogP contribution in [0.3, 0.4) is 0 Å². The highest BCUT2D eigenvalue weighted by molar-refractivity contribution is 6.55. The lowest BCUT2D eigenvalue weighted by Gasteiger charge is -2.04. The number of benzene rings is 1. The molecule has 0 unspecified atom stereocenters. The van der Waals surface area contributed by atoms with Gasteiger partial charge in [0.05, 0.1) is 0 Å². The van der Waals surface area contributed by atoms with Crippen LogP contribution < -0.4 is 4.74 Å². The number of allylic oxidation sites excluding steroid dienone is 2. The summed E-state index contributed by atoms with van der Waals surface area (Å²) in [5.74, 6) is 0.812. The number of ether oxygens (including phenoxy) is 1. The molecule has 1 nitrogen and oxygen atoms in total. The highest BCUT2D eigenvalue weighted by Crippen LogP contribution is 2.16. The van der Waals surface area contributed by atoms with Crippen LogP contribution in [0.25, 0.3) is 0 Å². The zero-order valence-corrected chi connectivity index (χ0v) is 12.4. The minimum atomic E-state index is 0.320. The molecule has 0 aliphatic rings. The summed E-state index contributed by atoms with van der Waals surface area (Å²) in [6, 6.07) is 7.31. The first-order valence-corrected chi connectivity index (χ1v) is 6.76. The van der Waals surface area contributed by atoms with Crippen molar-refractivity contribution in [1.82, 2.24) is 0 Å². The Hall–Kier alpha value is -0.630. The van der Waals surface area contributed by atoms with Crippen LogP contribution in [0.15, 0.2) is 46.5 Å². The minimum Gasteiger partial charge on any atom is -0.490 e. The maximum absolute atomic E-state index is 5.78. The van der Waals surface area contributed by atoms with E-state index in [0.717, 1.165) is 18.6 Å². The quantitative estimate of drug-likeness (QED) is 0.607. The second-order valence-corrected chi connectivity index (χ2v) is 5.29. The fourth-order valence-corrected chi connectivity index (χ4v) is 1.67. The first-order valence-electron chi connectivity index (χ1n) is 5.63. The van der Waals surface area contributed by atoms with Gasteiger partial charge in [-0.1, -0.05) is 46.5 Å². The van der Waals surface area contributed by atoms with Gasteiger partial charge in [-0.05, 0) is 50.1 Å². The largest absolute Gasteiger partial charge is 0.490 e. The first kappa shape index (κ1) is 15.4. The van der Waals surface area contributed by atoms with Gasteiger partial charge in [-0.25, -0.2) is 0 Å². The molecule has 0 atom stereocenters. The Morgan fingerprint density at radius 1 is 1.17 bits per heavy atom. The van der Waals surface area contributed by atoms with Crippen LogP contribution in [-0.2, 0) is 0 Å². The average Bonchev–Trinajstić information content (AvgIpc) is 2.31. The van der Waals surface area contributed by atoms with Crippen LogP contribution >= 0.6 is 34.8 Å². The molecule has 0 amide bonds. The zero-order chi connectivity index (χ0) is 13.4. The fraction of sp³-hybridized carbons (Fsp3) is 0.286. The Morgan fingerprint density at radius 3 is 2.44 bits per heavy atom. The lowest BCUT2D eigenvalue weighted by molar-refractivity contribution is 0.361. The molecule has 1 rings (SSSR count). The normalized spacial score (nSPS) is 11.2. The van der Waals surface area contributed by atoms with Crippen LogP contribution in [-0.4, -0.2) is 6.61 Å².